The molecular formula is C19H14ClN3O2S. The summed E-state index contributed by atoms with van der Waals surface area (Å²) in [7, 11) is 0. The number of rotatable bonds is 4. The average Bonchev–Trinajstić information content (AvgIpc) is 3.03. The number of carbonyl (C=O) groups is 1. The predicted molar refractivity (Wildman–Crippen MR) is 106 cm³/mol. The van der Waals surface area contributed by atoms with Gasteiger partial charge >= 0.3 is 0 Å². The Morgan fingerprint density at radius 2 is 2.00 bits per heavy atom. The summed E-state index contributed by atoms with van der Waals surface area (Å²) < 4.78 is 1.44. The van der Waals surface area contributed by atoms with Crippen molar-refractivity contribution in [2.24, 2.45) is 5.73 Å². The lowest BCUT2D eigenvalue weighted by molar-refractivity contribution is 0.0993. The van der Waals surface area contributed by atoms with Crippen molar-refractivity contribution in [2.45, 2.75) is 6.54 Å². The Balaban J connectivity index is 1.79. The minimum atomic E-state index is -0.811. The molecule has 26 heavy (non-hydrogen) atoms. The monoisotopic (exact) mass is 383 g/mol. The number of aromatic hydroxyl groups is 1. The number of hydrogen-bond donors (Lipinski definition) is 3. The fourth-order valence-electron chi connectivity index (χ4n) is 2.87. The van der Waals surface area contributed by atoms with Crippen LogP contribution in [0.15, 0.2) is 48.5 Å². The summed E-state index contributed by atoms with van der Waals surface area (Å²) in [6.45, 7) is 0.692. The highest BCUT2D eigenvalue weighted by Crippen LogP contribution is 2.43. The van der Waals surface area contributed by atoms with Gasteiger partial charge in [-0.1, -0.05) is 41.9 Å². The summed E-state index contributed by atoms with van der Waals surface area (Å²) >= 11 is 7.63. The van der Waals surface area contributed by atoms with E-state index in [-0.39, 0.29) is 16.6 Å². The molecule has 0 radical (unpaired) electrons. The van der Waals surface area contributed by atoms with Crippen molar-refractivity contribution in [3.8, 4) is 5.75 Å². The molecule has 4 aromatic rings. The Kier molecular flexibility index (Phi) is 4.14. The topological polar surface area (TPSA) is 88.2 Å². The van der Waals surface area contributed by atoms with Crippen LogP contribution in [0.25, 0.3) is 20.2 Å². The molecule has 0 saturated carbocycles. The first-order valence-corrected chi connectivity index (χ1v) is 9.06. The van der Waals surface area contributed by atoms with Crippen LogP contribution in [0.5, 0.6) is 5.75 Å². The van der Waals surface area contributed by atoms with Gasteiger partial charge in [0.05, 0.1) is 4.70 Å². The van der Waals surface area contributed by atoms with Gasteiger partial charge in [0.15, 0.2) is 11.4 Å². The van der Waals surface area contributed by atoms with E-state index in [1.165, 1.54) is 16.9 Å². The number of nitrogens with one attached hydrogen (secondary N) is 1. The molecule has 0 atom stereocenters. The highest BCUT2D eigenvalue weighted by atomic mass is 35.5. The Morgan fingerprint density at radius 3 is 2.73 bits per heavy atom. The molecule has 0 saturated heterocycles. The highest BCUT2D eigenvalue weighted by molar-refractivity contribution is 7.26. The number of pyridine rings is 1. The third-order valence-corrected chi connectivity index (χ3v) is 5.57. The SMILES string of the molecule is NC(=O)c1nc(Cl)c2c(sc3ccc(NCc4ccccc4)cc32)c1O. The zero-order valence-corrected chi connectivity index (χ0v) is 15.1. The van der Waals surface area contributed by atoms with E-state index in [1.807, 2.05) is 36.4 Å². The molecule has 0 aliphatic rings. The molecular weight excluding hydrogens is 370 g/mol. The molecule has 2 heterocycles. The van der Waals surface area contributed by atoms with Crippen molar-refractivity contribution in [3.63, 3.8) is 0 Å². The lowest BCUT2D eigenvalue weighted by atomic mass is 10.1. The molecule has 2 aromatic carbocycles. The molecule has 5 nitrogen and oxygen atoms in total. The fourth-order valence-corrected chi connectivity index (χ4v) is 4.33. The summed E-state index contributed by atoms with van der Waals surface area (Å²) in [5.74, 6) is -1.04. The number of hydrogen-bond acceptors (Lipinski definition) is 5. The molecule has 0 aliphatic heterocycles. The Bertz CT molecular complexity index is 1140. The van der Waals surface area contributed by atoms with Gasteiger partial charge in [-0.3, -0.25) is 4.79 Å². The van der Waals surface area contributed by atoms with E-state index in [0.717, 1.165) is 15.8 Å². The summed E-state index contributed by atoms with van der Waals surface area (Å²) in [4.78, 5) is 15.4. The standard InChI is InChI=1S/C19H14ClN3O2S/c20-18-14-12-8-11(22-9-10-4-2-1-3-5-10)6-7-13(12)26-17(14)16(24)15(23-18)19(21)25/h1-8,22,24H,9H2,(H2,21,25). The van der Waals surface area contributed by atoms with E-state index >= 15 is 0 Å². The first-order chi connectivity index (χ1) is 12.5. The summed E-state index contributed by atoms with van der Waals surface area (Å²) in [5.41, 5.74) is 7.15. The minimum Gasteiger partial charge on any atom is -0.504 e. The van der Waals surface area contributed by atoms with Gasteiger partial charge in [-0.05, 0) is 23.8 Å². The minimum absolute atomic E-state index is 0.151. The number of nitrogens with zero attached hydrogens (tertiary/aromatic N) is 1. The number of nitrogens with two attached hydrogens (primary N) is 1. The van der Waals surface area contributed by atoms with E-state index in [0.29, 0.717) is 16.6 Å². The Labute approximate surface area is 158 Å². The number of aromatic nitrogens is 1. The molecule has 4 rings (SSSR count). The number of anilines is 1. The molecule has 4 N–H and O–H groups in total. The maximum Gasteiger partial charge on any atom is 0.271 e. The number of fused-ring (bicyclic) bond motifs is 3. The van der Waals surface area contributed by atoms with Gasteiger partial charge in [0, 0.05) is 27.7 Å². The average molecular weight is 384 g/mol. The van der Waals surface area contributed by atoms with Gasteiger partial charge in [-0.25, -0.2) is 4.98 Å². The molecule has 0 fully saturated rings. The normalized spacial score (nSPS) is 11.1. The largest absolute Gasteiger partial charge is 0.504 e. The molecule has 7 heteroatoms. The first kappa shape index (κ1) is 16.6. The van der Waals surface area contributed by atoms with Gasteiger partial charge in [-0.15, -0.1) is 11.3 Å². The zero-order valence-electron chi connectivity index (χ0n) is 13.5. The van der Waals surface area contributed by atoms with Gasteiger partial charge < -0.3 is 16.2 Å². The van der Waals surface area contributed by atoms with Crippen LogP contribution in [0.4, 0.5) is 5.69 Å². The molecule has 0 spiro atoms. The maximum atomic E-state index is 11.4. The second kappa shape index (κ2) is 6.48. The second-order valence-corrected chi connectivity index (χ2v) is 7.23. The molecule has 1 amide bonds. The van der Waals surface area contributed by atoms with Crippen molar-refractivity contribution < 1.29 is 9.90 Å². The van der Waals surface area contributed by atoms with Crippen molar-refractivity contribution in [1.29, 1.82) is 0 Å². The van der Waals surface area contributed by atoms with E-state index in [2.05, 4.69) is 22.4 Å². The van der Waals surface area contributed by atoms with Gasteiger partial charge in [0.2, 0.25) is 0 Å². The van der Waals surface area contributed by atoms with Gasteiger partial charge in [0.1, 0.15) is 5.15 Å². The van der Waals surface area contributed by atoms with E-state index < -0.39 is 5.91 Å². The number of carbonyl (C=O) groups excluding carboxylic acids is 1. The molecule has 0 unspecified atom stereocenters. The third kappa shape index (κ3) is 2.83. The Morgan fingerprint density at radius 1 is 1.23 bits per heavy atom. The van der Waals surface area contributed by atoms with Crippen LogP contribution in [0.1, 0.15) is 16.1 Å². The van der Waals surface area contributed by atoms with E-state index in [1.54, 1.807) is 0 Å². The van der Waals surface area contributed by atoms with E-state index in [9.17, 15) is 9.90 Å². The predicted octanol–water partition coefficient (Wildman–Crippen LogP) is 4.52. The molecule has 0 aliphatic carbocycles. The van der Waals surface area contributed by atoms with Crippen LogP contribution >= 0.6 is 22.9 Å². The fraction of sp³-hybridized carbons (Fsp3) is 0.0526. The van der Waals surface area contributed by atoms with Gasteiger partial charge in [0.25, 0.3) is 5.91 Å². The number of thiophene rings is 1. The quantitative estimate of drug-likeness (QED) is 0.452. The first-order valence-electron chi connectivity index (χ1n) is 7.87. The molecule has 130 valence electrons. The summed E-state index contributed by atoms with van der Waals surface area (Å²) in [5, 5.41) is 15.4. The van der Waals surface area contributed by atoms with Crippen molar-refractivity contribution in [3.05, 3.63) is 64.9 Å². The zero-order chi connectivity index (χ0) is 18.3. The smallest absolute Gasteiger partial charge is 0.271 e. The number of amides is 1. The van der Waals surface area contributed by atoms with Crippen LogP contribution in [-0.2, 0) is 6.54 Å². The van der Waals surface area contributed by atoms with Gasteiger partial charge in [-0.2, -0.15) is 0 Å². The summed E-state index contributed by atoms with van der Waals surface area (Å²) in [6, 6.07) is 16.0. The van der Waals surface area contributed by atoms with Crippen molar-refractivity contribution in [1.82, 2.24) is 4.98 Å². The Hall–Kier alpha value is -2.83. The van der Waals surface area contributed by atoms with Crippen molar-refractivity contribution >= 4 is 54.7 Å². The van der Waals surface area contributed by atoms with Crippen LogP contribution in [0.3, 0.4) is 0 Å². The molecule has 0 bridgehead atoms. The van der Waals surface area contributed by atoms with E-state index in [4.69, 9.17) is 17.3 Å². The van der Waals surface area contributed by atoms with Crippen LogP contribution < -0.4 is 11.1 Å². The van der Waals surface area contributed by atoms with Crippen LogP contribution in [0, 0.1) is 0 Å². The number of benzene rings is 2. The second-order valence-electron chi connectivity index (χ2n) is 5.82. The van der Waals surface area contributed by atoms with Crippen LogP contribution in [0.2, 0.25) is 5.15 Å². The lowest BCUT2D eigenvalue weighted by Crippen LogP contribution is -2.13. The molecule has 2 aromatic heterocycles. The lowest BCUT2D eigenvalue weighted by Gasteiger charge is -2.07. The number of halogens is 1. The van der Waals surface area contributed by atoms with Crippen LogP contribution in [-0.4, -0.2) is 16.0 Å². The maximum absolute atomic E-state index is 11.4. The third-order valence-electron chi connectivity index (χ3n) is 4.12. The summed E-state index contributed by atoms with van der Waals surface area (Å²) in [6.07, 6.45) is 0. The van der Waals surface area contributed by atoms with Crippen molar-refractivity contribution in [2.75, 3.05) is 5.32 Å². The number of primary amides is 1. The highest BCUT2D eigenvalue weighted by Gasteiger charge is 2.20.